The summed E-state index contributed by atoms with van der Waals surface area (Å²) in [6.45, 7) is 10.4. The summed E-state index contributed by atoms with van der Waals surface area (Å²) in [5.41, 5.74) is 10.1. The molecule has 0 atom stereocenters. The van der Waals surface area contributed by atoms with Gasteiger partial charge in [0.2, 0.25) is 0 Å². The maximum absolute atomic E-state index is 3.75. The molecule has 0 unspecified atom stereocenters. The molecule has 0 aromatic heterocycles. The number of hydrogen-bond acceptors (Lipinski definition) is 1. The Bertz CT molecular complexity index is 1110. The first-order chi connectivity index (χ1) is 14.0. The second-order valence-electron chi connectivity index (χ2n) is 7.97. The monoisotopic (exact) mass is 377 g/mol. The molecule has 1 heteroatoms. The Balaban J connectivity index is 1.60. The highest BCUT2D eigenvalue weighted by Gasteiger charge is 2.35. The van der Waals surface area contributed by atoms with Crippen molar-refractivity contribution >= 4 is 16.9 Å². The molecule has 1 N–H and O–H groups in total. The fraction of sp³-hybridized carbons (Fsp3) is 0.143. The standard InChI is InChI=1S/C28H27N/c1-5-7-10-20(6-2)21-13-15-22(16-14-21)29-23-17-18-25-24-11-8-9-12-26(24)28(3,4)27(25)19-23/h5-19,29H,1H2,2-4H3/b10-7-,20-6+. The van der Waals surface area contributed by atoms with E-state index >= 15 is 0 Å². The van der Waals surface area contributed by atoms with Gasteiger partial charge in [0.15, 0.2) is 0 Å². The van der Waals surface area contributed by atoms with Crippen LogP contribution in [-0.2, 0) is 5.41 Å². The van der Waals surface area contributed by atoms with Crippen LogP contribution >= 0.6 is 0 Å². The minimum Gasteiger partial charge on any atom is -0.356 e. The van der Waals surface area contributed by atoms with Crippen LogP contribution in [0.5, 0.6) is 0 Å². The Morgan fingerprint density at radius 2 is 1.55 bits per heavy atom. The van der Waals surface area contributed by atoms with Gasteiger partial charge < -0.3 is 5.32 Å². The third-order valence-electron chi connectivity index (χ3n) is 5.81. The largest absolute Gasteiger partial charge is 0.356 e. The molecule has 4 rings (SSSR count). The normalized spacial score (nSPS) is 14.5. The molecule has 0 aliphatic heterocycles. The first-order valence-electron chi connectivity index (χ1n) is 10.1. The van der Waals surface area contributed by atoms with Gasteiger partial charge >= 0.3 is 0 Å². The molecule has 0 saturated heterocycles. The molecule has 3 aromatic carbocycles. The molecular formula is C28H27N. The van der Waals surface area contributed by atoms with Crippen molar-refractivity contribution in [3.05, 3.63) is 114 Å². The van der Waals surface area contributed by atoms with Crippen molar-refractivity contribution in [3.8, 4) is 11.1 Å². The number of anilines is 2. The van der Waals surface area contributed by atoms with Crippen molar-refractivity contribution < 1.29 is 0 Å². The van der Waals surface area contributed by atoms with Crippen LogP contribution in [0.1, 0.15) is 37.5 Å². The molecule has 1 aliphatic rings. The van der Waals surface area contributed by atoms with Crippen LogP contribution < -0.4 is 5.32 Å². The number of nitrogens with one attached hydrogen (secondary N) is 1. The van der Waals surface area contributed by atoms with Gasteiger partial charge in [0.1, 0.15) is 0 Å². The molecule has 0 heterocycles. The van der Waals surface area contributed by atoms with Gasteiger partial charge in [0.05, 0.1) is 0 Å². The quantitative estimate of drug-likeness (QED) is 0.446. The minimum absolute atomic E-state index is 0.0196. The molecular weight excluding hydrogens is 350 g/mol. The molecule has 0 amide bonds. The highest BCUT2D eigenvalue weighted by molar-refractivity contribution is 5.83. The van der Waals surface area contributed by atoms with Gasteiger partial charge in [-0.15, -0.1) is 0 Å². The molecule has 0 spiro atoms. The van der Waals surface area contributed by atoms with Gasteiger partial charge in [0.25, 0.3) is 0 Å². The van der Waals surface area contributed by atoms with Crippen molar-refractivity contribution in [3.63, 3.8) is 0 Å². The molecule has 0 radical (unpaired) electrons. The van der Waals surface area contributed by atoms with Gasteiger partial charge in [-0.05, 0) is 64.6 Å². The highest BCUT2D eigenvalue weighted by atomic mass is 14.9. The maximum atomic E-state index is 3.75. The summed E-state index contributed by atoms with van der Waals surface area (Å²) >= 11 is 0. The van der Waals surface area contributed by atoms with Crippen LogP contribution in [0.2, 0.25) is 0 Å². The van der Waals surface area contributed by atoms with E-state index in [9.17, 15) is 0 Å². The van der Waals surface area contributed by atoms with E-state index in [4.69, 9.17) is 0 Å². The molecule has 0 saturated carbocycles. The number of rotatable bonds is 5. The van der Waals surface area contributed by atoms with E-state index in [1.807, 2.05) is 6.08 Å². The zero-order valence-electron chi connectivity index (χ0n) is 17.4. The summed E-state index contributed by atoms with van der Waals surface area (Å²) in [7, 11) is 0. The lowest BCUT2D eigenvalue weighted by Gasteiger charge is -2.22. The van der Waals surface area contributed by atoms with Gasteiger partial charge in [-0.25, -0.2) is 0 Å². The molecule has 3 aromatic rings. The molecule has 0 fully saturated rings. The van der Waals surface area contributed by atoms with Crippen LogP contribution in [0.4, 0.5) is 11.4 Å². The topological polar surface area (TPSA) is 12.0 Å². The zero-order valence-corrected chi connectivity index (χ0v) is 17.4. The van der Waals surface area contributed by atoms with Crippen LogP contribution in [-0.4, -0.2) is 0 Å². The average Bonchev–Trinajstić information content (AvgIpc) is 2.97. The van der Waals surface area contributed by atoms with E-state index < -0.39 is 0 Å². The smallest absolute Gasteiger partial charge is 0.0387 e. The van der Waals surface area contributed by atoms with E-state index in [-0.39, 0.29) is 5.41 Å². The van der Waals surface area contributed by atoms with Crippen molar-refractivity contribution in [1.29, 1.82) is 0 Å². The van der Waals surface area contributed by atoms with Crippen LogP contribution in [0.3, 0.4) is 0 Å². The number of benzene rings is 3. The van der Waals surface area contributed by atoms with Gasteiger partial charge in [-0.1, -0.05) is 87.2 Å². The highest BCUT2D eigenvalue weighted by Crippen LogP contribution is 2.49. The lowest BCUT2D eigenvalue weighted by Crippen LogP contribution is -2.15. The van der Waals surface area contributed by atoms with Gasteiger partial charge in [-0.3, -0.25) is 0 Å². The molecule has 1 nitrogen and oxygen atoms in total. The lowest BCUT2D eigenvalue weighted by atomic mass is 9.82. The summed E-state index contributed by atoms with van der Waals surface area (Å²) in [6.07, 6.45) is 7.96. The number of fused-ring (bicyclic) bond motifs is 3. The first kappa shape index (κ1) is 19.0. The second kappa shape index (κ2) is 7.60. The molecule has 1 aliphatic carbocycles. The van der Waals surface area contributed by atoms with E-state index in [2.05, 4.69) is 112 Å². The fourth-order valence-electron chi connectivity index (χ4n) is 4.23. The lowest BCUT2D eigenvalue weighted by molar-refractivity contribution is 0.660. The van der Waals surface area contributed by atoms with Crippen LogP contribution in [0.25, 0.3) is 16.7 Å². The van der Waals surface area contributed by atoms with E-state index in [1.165, 1.54) is 33.4 Å². The first-order valence-corrected chi connectivity index (χ1v) is 10.1. The average molecular weight is 378 g/mol. The predicted octanol–water partition coefficient (Wildman–Crippen LogP) is 7.88. The second-order valence-corrected chi connectivity index (χ2v) is 7.97. The minimum atomic E-state index is 0.0196. The fourth-order valence-corrected chi connectivity index (χ4v) is 4.23. The predicted molar refractivity (Wildman–Crippen MR) is 127 cm³/mol. The number of allylic oxidation sites excluding steroid dienone is 5. The summed E-state index contributed by atoms with van der Waals surface area (Å²) in [6, 6.07) is 24.0. The SMILES string of the molecule is C=C/C=C\C(=C/C)c1ccc(Nc2ccc3c(c2)C(C)(C)c2ccccc2-3)cc1. The Morgan fingerprint density at radius 3 is 2.28 bits per heavy atom. The maximum Gasteiger partial charge on any atom is 0.0387 e. The Kier molecular flexibility index (Phi) is 4.98. The third kappa shape index (κ3) is 3.45. The summed E-state index contributed by atoms with van der Waals surface area (Å²) in [4.78, 5) is 0. The molecule has 144 valence electrons. The van der Waals surface area contributed by atoms with Crippen LogP contribution in [0.15, 0.2) is 97.6 Å². The Labute approximate surface area is 174 Å². The van der Waals surface area contributed by atoms with E-state index in [0.29, 0.717) is 0 Å². The summed E-state index contributed by atoms with van der Waals surface area (Å²) in [5, 5.41) is 3.57. The molecule has 0 bridgehead atoms. The van der Waals surface area contributed by atoms with Crippen molar-refractivity contribution in [2.75, 3.05) is 5.32 Å². The van der Waals surface area contributed by atoms with Crippen molar-refractivity contribution in [2.45, 2.75) is 26.2 Å². The van der Waals surface area contributed by atoms with E-state index in [0.717, 1.165) is 11.4 Å². The summed E-state index contributed by atoms with van der Waals surface area (Å²) in [5.74, 6) is 0. The van der Waals surface area contributed by atoms with Gasteiger partial charge in [-0.2, -0.15) is 0 Å². The van der Waals surface area contributed by atoms with Crippen LogP contribution in [0, 0.1) is 0 Å². The zero-order chi connectivity index (χ0) is 20.4. The van der Waals surface area contributed by atoms with E-state index in [1.54, 1.807) is 6.08 Å². The molecule has 29 heavy (non-hydrogen) atoms. The number of hydrogen-bond donors (Lipinski definition) is 1. The van der Waals surface area contributed by atoms with Crippen molar-refractivity contribution in [2.24, 2.45) is 0 Å². The summed E-state index contributed by atoms with van der Waals surface area (Å²) < 4.78 is 0. The van der Waals surface area contributed by atoms with Gasteiger partial charge in [0, 0.05) is 16.8 Å². The Morgan fingerprint density at radius 1 is 0.862 bits per heavy atom. The Hall–Kier alpha value is -3.32. The van der Waals surface area contributed by atoms with Crippen molar-refractivity contribution in [1.82, 2.24) is 0 Å². The third-order valence-corrected chi connectivity index (χ3v) is 5.81.